The highest BCUT2D eigenvalue weighted by atomic mass is 16.5. The van der Waals surface area contributed by atoms with Gasteiger partial charge in [0.2, 0.25) is 5.91 Å². The van der Waals surface area contributed by atoms with Crippen LogP contribution in [0.2, 0.25) is 0 Å². The lowest BCUT2D eigenvalue weighted by Gasteiger charge is -2.15. The van der Waals surface area contributed by atoms with Crippen molar-refractivity contribution in [1.29, 1.82) is 0 Å². The minimum atomic E-state index is -0.694. The minimum Gasteiger partial charge on any atom is -0.465 e. The van der Waals surface area contributed by atoms with Gasteiger partial charge in [0.1, 0.15) is 11.7 Å². The van der Waals surface area contributed by atoms with Crippen molar-refractivity contribution in [3.05, 3.63) is 102 Å². The highest BCUT2D eigenvalue weighted by Crippen LogP contribution is 2.37. The minimum absolute atomic E-state index is 0.232. The molecule has 0 spiro atoms. The topological polar surface area (TPSA) is 111 Å². The quantitative estimate of drug-likeness (QED) is 0.276. The number of methoxy groups -OCH3 is 1. The number of carbonyl (C=O) groups is 2. The van der Waals surface area contributed by atoms with Gasteiger partial charge >= 0.3 is 5.97 Å². The van der Waals surface area contributed by atoms with Gasteiger partial charge < -0.3 is 14.6 Å². The molecule has 1 aliphatic heterocycles. The number of aryl methyl sites for hydroxylation is 1. The predicted molar refractivity (Wildman–Crippen MR) is 144 cm³/mol. The maximum atomic E-state index is 13.4. The third kappa shape index (κ3) is 4.09. The second kappa shape index (κ2) is 9.36. The van der Waals surface area contributed by atoms with Crippen LogP contribution in [0.4, 0.5) is 11.4 Å². The fraction of sp³-hybridized carbons (Fsp3) is 0.103. The van der Waals surface area contributed by atoms with E-state index in [-0.39, 0.29) is 5.91 Å². The number of esters is 1. The Morgan fingerprint density at radius 1 is 0.921 bits per heavy atom. The highest BCUT2D eigenvalue weighted by Gasteiger charge is 2.36. The van der Waals surface area contributed by atoms with Gasteiger partial charge in [0.25, 0.3) is 0 Å². The predicted octanol–water partition coefficient (Wildman–Crippen LogP) is 4.67. The largest absolute Gasteiger partial charge is 0.465 e. The number of anilines is 1. The molecule has 1 N–H and O–H groups in total. The van der Waals surface area contributed by atoms with Crippen LogP contribution in [0, 0.1) is 0 Å². The molecule has 0 aliphatic carbocycles. The molecular weight excluding hydrogens is 480 g/mol. The number of imidazole rings is 1. The van der Waals surface area contributed by atoms with Crippen molar-refractivity contribution >= 4 is 40.0 Å². The molecule has 0 saturated heterocycles. The van der Waals surface area contributed by atoms with E-state index in [0.717, 1.165) is 28.0 Å². The molecule has 1 aliphatic rings. The number of nitrogens with one attached hydrogen (secondary N) is 1. The molecule has 2 aromatic heterocycles. The summed E-state index contributed by atoms with van der Waals surface area (Å²) in [6.45, 7) is 0. The summed E-state index contributed by atoms with van der Waals surface area (Å²) in [4.78, 5) is 43.6. The van der Waals surface area contributed by atoms with E-state index in [9.17, 15) is 9.59 Å². The molecular formula is C29H22N6O3. The standard InChI is InChI=1S/C29H22N6O3/c1-35-14-13-32-27(35)17-3-7-20(8-4-17)33-26(18-6-10-22-24(15-18)31-12-11-30-22)25-21-9-5-19(29(37)38-2)16-23(21)34-28(25)36/h3-16,25H,1-2H3,(H,34,36). The lowest BCUT2D eigenvalue weighted by atomic mass is 9.90. The van der Waals surface area contributed by atoms with Crippen LogP contribution in [0.3, 0.4) is 0 Å². The molecule has 0 radical (unpaired) electrons. The van der Waals surface area contributed by atoms with E-state index in [0.29, 0.717) is 28.2 Å². The third-order valence-corrected chi connectivity index (χ3v) is 6.54. The van der Waals surface area contributed by atoms with E-state index in [4.69, 9.17) is 9.73 Å². The first-order valence-corrected chi connectivity index (χ1v) is 11.9. The summed E-state index contributed by atoms with van der Waals surface area (Å²) >= 11 is 0. The van der Waals surface area contributed by atoms with Crippen molar-refractivity contribution in [2.75, 3.05) is 12.4 Å². The first-order chi connectivity index (χ1) is 18.5. The molecule has 1 atom stereocenters. The Balaban J connectivity index is 1.47. The zero-order valence-corrected chi connectivity index (χ0v) is 20.6. The lowest BCUT2D eigenvalue weighted by molar-refractivity contribution is -0.115. The van der Waals surface area contributed by atoms with Gasteiger partial charge in [-0.3, -0.25) is 19.8 Å². The summed E-state index contributed by atoms with van der Waals surface area (Å²) in [5.74, 6) is -0.552. The molecule has 9 nitrogen and oxygen atoms in total. The highest BCUT2D eigenvalue weighted by molar-refractivity contribution is 6.24. The first kappa shape index (κ1) is 23.2. The van der Waals surface area contributed by atoms with Gasteiger partial charge in [-0.15, -0.1) is 0 Å². The van der Waals surface area contributed by atoms with Crippen molar-refractivity contribution in [2.24, 2.45) is 12.0 Å². The van der Waals surface area contributed by atoms with E-state index in [1.165, 1.54) is 7.11 Å². The fourth-order valence-corrected chi connectivity index (χ4v) is 4.66. The molecule has 0 saturated carbocycles. The number of ether oxygens (including phenoxy) is 1. The summed E-state index contributed by atoms with van der Waals surface area (Å²) in [5.41, 5.74) is 6.03. The first-order valence-electron chi connectivity index (χ1n) is 11.9. The van der Waals surface area contributed by atoms with E-state index < -0.39 is 11.9 Å². The van der Waals surface area contributed by atoms with Crippen molar-refractivity contribution in [3.8, 4) is 11.4 Å². The van der Waals surface area contributed by atoms with Gasteiger partial charge in [0.15, 0.2) is 0 Å². The summed E-state index contributed by atoms with van der Waals surface area (Å²) in [5, 5.41) is 2.91. The van der Waals surface area contributed by atoms with Crippen LogP contribution >= 0.6 is 0 Å². The second-order valence-electron chi connectivity index (χ2n) is 8.88. The Morgan fingerprint density at radius 3 is 2.42 bits per heavy atom. The number of hydrogen-bond donors (Lipinski definition) is 1. The Morgan fingerprint density at radius 2 is 1.68 bits per heavy atom. The number of amides is 1. The Hall–Kier alpha value is -5.18. The number of carbonyl (C=O) groups excluding carboxylic acids is 2. The molecule has 38 heavy (non-hydrogen) atoms. The van der Waals surface area contributed by atoms with Crippen LogP contribution in [0.1, 0.15) is 27.4 Å². The van der Waals surface area contributed by atoms with Crippen molar-refractivity contribution in [2.45, 2.75) is 5.92 Å². The lowest BCUT2D eigenvalue weighted by Crippen LogP contribution is -2.22. The van der Waals surface area contributed by atoms with Gasteiger partial charge in [-0.1, -0.05) is 12.1 Å². The normalized spacial score (nSPS) is 14.8. The summed E-state index contributed by atoms with van der Waals surface area (Å²) in [6.07, 6.45) is 6.92. The molecule has 6 rings (SSSR count). The van der Waals surface area contributed by atoms with Crippen molar-refractivity contribution in [3.63, 3.8) is 0 Å². The number of fused-ring (bicyclic) bond motifs is 2. The smallest absolute Gasteiger partial charge is 0.337 e. The van der Waals surface area contributed by atoms with Crippen LogP contribution in [-0.4, -0.2) is 44.2 Å². The van der Waals surface area contributed by atoms with Crippen LogP contribution < -0.4 is 5.32 Å². The van der Waals surface area contributed by atoms with Crippen LogP contribution in [0.5, 0.6) is 0 Å². The number of benzene rings is 3. The molecule has 3 heterocycles. The Kier molecular flexibility index (Phi) is 5.72. The molecule has 186 valence electrons. The van der Waals surface area contributed by atoms with Crippen LogP contribution in [0.25, 0.3) is 22.4 Å². The SMILES string of the molecule is COC(=O)c1ccc2c(c1)NC(=O)C2C(=Nc1ccc(-c2nccn2C)cc1)c1ccc2nccnc2c1. The van der Waals surface area contributed by atoms with Crippen LogP contribution in [0.15, 0.2) is 90.4 Å². The fourth-order valence-electron chi connectivity index (χ4n) is 4.66. The summed E-state index contributed by atoms with van der Waals surface area (Å²) in [7, 11) is 3.26. The zero-order chi connectivity index (χ0) is 26.2. The molecule has 1 amide bonds. The molecule has 1 unspecified atom stereocenters. The van der Waals surface area contributed by atoms with Gasteiger partial charge in [0, 0.05) is 43.1 Å². The number of hydrogen-bond acceptors (Lipinski definition) is 7. The molecule has 0 fully saturated rings. The Bertz CT molecular complexity index is 1740. The molecule has 3 aromatic carbocycles. The third-order valence-electron chi connectivity index (χ3n) is 6.54. The number of aliphatic imine (C=N–C) groups is 1. The maximum absolute atomic E-state index is 13.4. The zero-order valence-electron chi connectivity index (χ0n) is 20.6. The van der Waals surface area contributed by atoms with Gasteiger partial charge in [-0.05, 0) is 59.7 Å². The number of nitrogens with zero attached hydrogens (tertiary/aromatic N) is 5. The van der Waals surface area contributed by atoms with Crippen molar-refractivity contribution in [1.82, 2.24) is 19.5 Å². The van der Waals surface area contributed by atoms with Crippen LogP contribution in [-0.2, 0) is 16.6 Å². The Labute approximate surface area is 217 Å². The van der Waals surface area contributed by atoms with Crippen molar-refractivity contribution < 1.29 is 14.3 Å². The average Bonchev–Trinajstić information content (AvgIpc) is 3.52. The number of aromatic nitrogens is 4. The number of rotatable bonds is 5. The monoisotopic (exact) mass is 502 g/mol. The molecule has 9 heteroatoms. The molecule has 0 bridgehead atoms. The van der Waals surface area contributed by atoms with E-state index in [1.54, 1.807) is 36.8 Å². The van der Waals surface area contributed by atoms with E-state index >= 15 is 0 Å². The maximum Gasteiger partial charge on any atom is 0.337 e. The second-order valence-corrected chi connectivity index (χ2v) is 8.88. The summed E-state index contributed by atoms with van der Waals surface area (Å²) < 4.78 is 6.78. The van der Waals surface area contributed by atoms with E-state index in [2.05, 4.69) is 20.3 Å². The van der Waals surface area contributed by atoms with E-state index in [1.807, 2.05) is 60.3 Å². The van der Waals surface area contributed by atoms with Gasteiger partial charge in [-0.2, -0.15) is 0 Å². The van der Waals surface area contributed by atoms with Gasteiger partial charge in [0.05, 0.1) is 35.1 Å². The summed E-state index contributed by atoms with van der Waals surface area (Å²) in [6, 6.07) is 18.4. The molecule has 5 aromatic rings. The van der Waals surface area contributed by atoms with Gasteiger partial charge in [-0.25, -0.2) is 9.78 Å². The average molecular weight is 503 g/mol.